The molecule has 1 aliphatic heterocycles. The average Bonchev–Trinajstić information content (AvgIpc) is 3.27. The molecule has 0 saturated carbocycles. The van der Waals surface area contributed by atoms with Crippen LogP contribution >= 0.6 is 0 Å². The fourth-order valence-corrected chi connectivity index (χ4v) is 3.57. The summed E-state index contributed by atoms with van der Waals surface area (Å²) in [5.41, 5.74) is -4.08. The predicted octanol–water partition coefficient (Wildman–Crippen LogP) is 4.02. The number of nitrogens with one attached hydrogen (secondary N) is 2. The predicted molar refractivity (Wildman–Crippen MR) is 102 cm³/mol. The van der Waals surface area contributed by atoms with Crippen LogP contribution in [-0.2, 0) is 25.9 Å². The van der Waals surface area contributed by atoms with Crippen LogP contribution in [0.3, 0.4) is 0 Å². The smallest absolute Gasteiger partial charge is 0.348 e. The number of carbonyl (C=O) groups excluding carboxylic acids is 2. The number of anilines is 1. The van der Waals surface area contributed by atoms with Crippen LogP contribution in [0.5, 0.6) is 0 Å². The van der Waals surface area contributed by atoms with Crippen molar-refractivity contribution >= 4 is 17.5 Å². The summed E-state index contributed by atoms with van der Waals surface area (Å²) in [6.45, 7) is -0.0169. The molecule has 3 aromatic rings. The molecule has 172 valence electrons. The van der Waals surface area contributed by atoms with Crippen LogP contribution < -0.4 is 10.6 Å². The van der Waals surface area contributed by atoms with Gasteiger partial charge in [-0.3, -0.25) is 19.3 Å². The fourth-order valence-electron chi connectivity index (χ4n) is 3.57. The van der Waals surface area contributed by atoms with Crippen molar-refractivity contribution in [2.24, 2.45) is 7.05 Å². The summed E-state index contributed by atoms with van der Waals surface area (Å²) in [5, 5.41) is 8.43. The second-order valence-corrected chi connectivity index (χ2v) is 7.09. The zero-order valence-corrected chi connectivity index (χ0v) is 16.6. The zero-order valence-electron chi connectivity index (χ0n) is 16.6. The van der Waals surface area contributed by atoms with Gasteiger partial charge >= 0.3 is 12.4 Å². The van der Waals surface area contributed by atoms with Gasteiger partial charge in [0.25, 0.3) is 11.8 Å². The summed E-state index contributed by atoms with van der Waals surface area (Å²) in [6.07, 6.45) is -9.07. The number of benzene rings is 1. The van der Waals surface area contributed by atoms with Gasteiger partial charge in [0.15, 0.2) is 0 Å². The summed E-state index contributed by atoms with van der Waals surface area (Å²) in [5.74, 6) is -1.77. The van der Waals surface area contributed by atoms with E-state index in [0.29, 0.717) is 16.3 Å². The van der Waals surface area contributed by atoms with Gasteiger partial charge in [0.05, 0.1) is 0 Å². The first-order valence-corrected chi connectivity index (χ1v) is 9.27. The van der Waals surface area contributed by atoms with E-state index in [4.69, 9.17) is 0 Å². The lowest BCUT2D eigenvalue weighted by Crippen LogP contribution is -2.21. The molecule has 0 unspecified atom stereocenters. The molecule has 33 heavy (non-hydrogen) atoms. The molecule has 3 heterocycles. The van der Waals surface area contributed by atoms with Crippen molar-refractivity contribution in [2.75, 3.05) is 5.32 Å². The summed E-state index contributed by atoms with van der Waals surface area (Å²) in [4.78, 5) is 27.8. The molecule has 1 aliphatic rings. The van der Waals surface area contributed by atoms with Gasteiger partial charge in [0, 0.05) is 36.6 Å². The second-order valence-electron chi connectivity index (χ2n) is 7.09. The Morgan fingerprint density at radius 3 is 2.45 bits per heavy atom. The van der Waals surface area contributed by atoms with E-state index >= 15 is 0 Å². The largest absolute Gasteiger partial charge is 0.433 e. The van der Waals surface area contributed by atoms with E-state index in [1.54, 1.807) is 0 Å². The number of rotatable bonds is 3. The average molecular weight is 469 g/mol. The van der Waals surface area contributed by atoms with E-state index in [9.17, 15) is 35.9 Å². The quantitative estimate of drug-likeness (QED) is 0.568. The Balaban J connectivity index is 1.81. The molecule has 13 heteroatoms. The van der Waals surface area contributed by atoms with E-state index < -0.39 is 52.5 Å². The van der Waals surface area contributed by atoms with Crippen molar-refractivity contribution < 1.29 is 35.9 Å². The number of halogens is 6. The van der Waals surface area contributed by atoms with Crippen LogP contribution in [0.1, 0.15) is 37.7 Å². The van der Waals surface area contributed by atoms with E-state index in [2.05, 4.69) is 15.4 Å². The number of nitrogens with zero attached hydrogens (tertiary/aromatic N) is 3. The molecule has 2 N–H and O–H groups in total. The molecule has 0 aliphatic carbocycles. The topological polar surface area (TPSA) is 88.9 Å². The summed E-state index contributed by atoms with van der Waals surface area (Å²) in [7, 11) is 1.11. The van der Waals surface area contributed by atoms with Gasteiger partial charge < -0.3 is 10.6 Å². The highest BCUT2D eigenvalue weighted by Gasteiger charge is 2.43. The van der Waals surface area contributed by atoms with Gasteiger partial charge in [0.1, 0.15) is 22.6 Å². The van der Waals surface area contributed by atoms with Gasteiger partial charge in [-0.25, -0.2) is 0 Å². The minimum Gasteiger partial charge on any atom is -0.348 e. The molecule has 0 saturated heterocycles. The molecule has 0 fully saturated rings. The number of aromatic nitrogens is 3. The third kappa shape index (κ3) is 4.01. The van der Waals surface area contributed by atoms with Crippen LogP contribution in [-0.4, -0.2) is 26.6 Å². The van der Waals surface area contributed by atoms with Gasteiger partial charge in [-0.15, -0.1) is 0 Å². The van der Waals surface area contributed by atoms with Gasteiger partial charge in [-0.1, -0.05) is 12.1 Å². The molecule has 0 radical (unpaired) electrons. The molecule has 4 rings (SSSR count). The molecule has 0 bridgehead atoms. The lowest BCUT2D eigenvalue weighted by Gasteiger charge is -2.13. The maximum atomic E-state index is 14.1. The first-order chi connectivity index (χ1) is 15.4. The van der Waals surface area contributed by atoms with Crippen LogP contribution in [0.25, 0.3) is 11.3 Å². The third-order valence-electron chi connectivity index (χ3n) is 4.96. The monoisotopic (exact) mass is 469 g/mol. The first-order valence-electron chi connectivity index (χ1n) is 9.27. The summed E-state index contributed by atoms with van der Waals surface area (Å²) >= 11 is 0. The highest BCUT2D eigenvalue weighted by molar-refractivity contribution is 6.06. The van der Waals surface area contributed by atoms with Crippen LogP contribution in [0.15, 0.2) is 36.5 Å². The summed E-state index contributed by atoms with van der Waals surface area (Å²) in [6, 6.07) is 5.70. The second kappa shape index (κ2) is 7.60. The van der Waals surface area contributed by atoms with E-state index in [0.717, 1.165) is 19.3 Å². The van der Waals surface area contributed by atoms with Crippen molar-refractivity contribution in [1.29, 1.82) is 0 Å². The van der Waals surface area contributed by atoms with Crippen LogP contribution in [0.2, 0.25) is 0 Å². The lowest BCUT2D eigenvalue weighted by molar-refractivity contribution is -0.141. The normalized spacial score (nSPS) is 13.6. The molecule has 0 atom stereocenters. The van der Waals surface area contributed by atoms with Crippen molar-refractivity contribution in [1.82, 2.24) is 20.1 Å². The number of fused-ring (bicyclic) bond motifs is 1. The first kappa shape index (κ1) is 22.3. The molecule has 2 aromatic heterocycles. The van der Waals surface area contributed by atoms with Gasteiger partial charge in [-0.05, 0) is 23.8 Å². The maximum absolute atomic E-state index is 14.1. The van der Waals surface area contributed by atoms with Crippen molar-refractivity contribution in [3.05, 3.63) is 64.6 Å². The number of hydrogen-bond donors (Lipinski definition) is 2. The molecular weight excluding hydrogens is 456 g/mol. The minimum absolute atomic E-state index is 0.0103. The highest BCUT2D eigenvalue weighted by atomic mass is 19.4. The SMILES string of the molecule is Cn1nc(-c2cccc3c2CNC3=O)c(C(F)(F)F)c1C(=O)Nc1ccnc(C(F)(F)F)c1. The van der Waals surface area contributed by atoms with Gasteiger partial charge in [-0.2, -0.15) is 31.4 Å². The van der Waals surface area contributed by atoms with E-state index in [1.807, 2.05) is 5.32 Å². The highest BCUT2D eigenvalue weighted by Crippen LogP contribution is 2.41. The van der Waals surface area contributed by atoms with E-state index in [1.165, 1.54) is 18.2 Å². The fraction of sp³-hybridized carbons (Fsp3) is 0.200. The molecule has 7 nitrogen and oxygen atoms in total. The van der Waals surface area contributed by atoms with Crippen molar-refractivity contribution in [3.8, 4) is 11.3 Å². The Bertz CT molecular complexity index is 1280. The van der Waals surface area contributed by atoms with Crippen molar-refractivity contribution in [2.45, 2.75) is 18.9 Å². The van der Waals surface area contributed by atoms with Crippen LogP contribution in [0.4, 0.5) is 32.0 Å². The minimum atomic E-state index is -5.04. The molecule has 2 amide bonds. The summed E-state index contributed by atoms with van der Waals surface area (Å²) < 4.78 is 81.6. The molecule has 1 aromatic carbocycles. The number of carbonyl (C=O) groups is 2. The number of aryl methyl sites for hydroxylation is 1. The number of hydrogen-bond acceptors (Lipinski definition) is 4. The Kier molecular flexibility index (Phi) is 5.14. The number of pyridine rings is 1. The lowest BCUT2D eigenvalue weighted by atomic mass is 9.97. The molecular formula is C20H13F6N5O2. The third-order valence-corrected chi connectivity index (χ3v) is 4.96. The van der Waals surface area contributed by atoms with Gasteiger partial charge in [0.2, 0.25) is 0 Å². The van der Waals surface area contributed by atoms with Crippen molar-refractivity contribution in [3.63, 3.8) is 0 Å². The van der Waals surface area contributed by atoms with Crippen LogP contribution in [0, 0.1) is 0 Å². The maximum Gasteiger partial charge on any atom is 0.433 e. The Morgan fingerprint density at radius 1 is 1.09 bits per heavy atom. The Labute approximate surface area is 181 Å². The number of alkyl halides is 6. The van der Waals surface area contributed by atoms with E-state index in [-0.39, 0.29) is 17.7 Å². The zero-order chi connectivity index (χ0) is 24.1. The molecule has 0 spiro atoms. The number of amides is 2. The standard InChI is InChI=1S/C20H13F6N5O2/c1-31-16(18(33)29-9-5-6-27-13(7-9)19(21,22)23)14(20(24,25)26)15(30-31)10-3-2-4-11-12(10)8-28-17(11)32/h2-7H,8H2,1H3,(H,28,32)(H,27,29,33). The Morgan fingerprint density at radius 2 is 1.79 bits per heavy atom. The Hall–Kier alpha value is -3.90.